The summed E-state index contributed by atoms with van der Waals surface area (Å²) in [6.45, 7) is 7.77. The molecule has 348 valence electrons. The first kappa shape index (κ1) is 45.7. The van der Waals surface area contributed by atoms with Crippen LogP contribution in [0.5, 0.6) is 0 Å². The molecule has 1 aliphatic carbocycles. The Hall–Kier alpha value is -8.73. The van der Waals surface area contributed by atoms with Crippen LogP contribution in [0.4, 0.5) is 0 Å². The first-order valence-electron chi connectivity index (χ1n) is 25.3. The number of benzene rings is 9. The summed E-state index contributed by atoms with van der Waals surface area (Å²) < 4.78 is 2.42. The van der Waals surface area contributed by atoms with E-state index in [9.17, 15) is 0 Å². The van der Waals surface area contributed by atoms with Gasteiger partial charge in [-0.2, -0.15) is 0 Å². The summed E-state index contributed by atoms with van der Waals surface area (Å²) in [6, 6.07) is 70.3. The van der Waals surface area contributed by atoms with Gasteiger partial charge in [0.05, 0.1) is 11.0 Å². The number of rotatable bonds is 11. The fraction of sp³-hybridized carbons (Fsp3) is 0.103. The third kappa shape index (κ3) is 9.00. The maximum absolute atomic E-state index is 5.03. The summed E-state index contributed by atoms with van der Waals surface area (Å²) in [5, 5.41) is 7.56. The lowest BCUT2D eigenvalue weighted by molar-refractivity contribution is 0.962. The van der Waals surface area contributed by atoms with Crippen molar-refractivity contribution in [3.05, 3.63) is 242 Å². The molecule has 0 amide bonds. The van der Waals surface area contributed by atoms with E-state index in [1.54, 1.807) is 0 Å². The van der Waals surface area contributed by atoms with Crippen molar-refractivity contribution in [3.63, 3.8) is 0 Å². The zero-order valence-corrected chi connectivity index (χ0v) is 41.0. The van der Waals surface area contributed by atoms with Gasteiger partial charge in [0, 0.05) is 33.2 Å². The maximum Gasteiger partial charge on any atom is 0.164 e. The third-order valence-corrected chi connectivity index (χ3v) is 13.7. The lowest BCUT2D eigenvalue weighted by Gasteiger charge is -2.15. The highest BCUT2D eigenvalue weighted by atomic mass is 15.0. The van der Waals surface area contributed by atoms with E-state index >= 15 is 0 Å². The SMILES string of the molecule is C=CCC.CCC/C=C\c1cc2ccccc2c2cc(-c3ccccc3-c3cccc4c3c3ccccc3n4-c3ccc(-c4cccc(-c5nc(C6=CCCC=C6)nc(-c6ccccc6)n5)c4)cc3)ccc12. The molecule has 12 rings (SSSR count). The Labute approximate surface area is 422 Å². The highest BCUT2D eigenvalue weighted by Crippen LogP contribution is 2.43. The lowest BCUT2D eigenvalue weighted by Crippen LogP contribution is -2.03. The Morgan fingerprint density at radius 2 is 1.15 bits per heavy atom. The van der Waals surface area contributed by atoms with Crippen LogP contribution in [0, 0.1) is 0 Å². The van der Waals surface area contributed by atoms with E-state index in [-0.39, 0.29) is 0 Å². The molecule has 4 nitrogen and oxygen atoms in total. The van der Waals surface area contributed by atoms with Gasteiger partial charge in [0.15, 0.2) is 17.5 Å². The summed E-state index contributed by atoms with van der Waals surface area (Å²) in [6.07, 6.45) is 18.3. The van der Waals surface area contributed by atoms with Crippen LogP contribution in [0.2, 0.25) is 0 Å². The quantitative estimate of drug-likeness (QED) is 0.0959. The number of allylic oxidation sites excluding steroid dienone is 6. The van der Waals surface area contributed by atoms with E-state index in [0.717, 1.165) is 65.6 Å². The Kier molecular flexibility index (Phi) is 13.1. The van der Waals surface area contributed by atoms with E-state index in [1.807, 2.05) is 24.3 Å². The molecule has 0 aliphatic heterocycles. The second kappa shape index (κ2) is 20.7. The molecule has 0 spiro atoms. The fourth-order valence-electron chi connectivity index (χ4n) is 10.1. The van der Waals surface area contributed by atoms with Gasteiger partial charge in [-0.3, -0.25) is 0 Å². The average Bonchev–Trinajstić information content (AvgIpc) is 3.80. The highest BCUT2D eigenvalue weighted by Gasteiger charge is 2.20. The molecular formula is C68H56N4. The molecule has 0 bridgehead atoms. The van der Waals surface area contributed by atoms with Gasteiger partial charge in [0.25, 0.3) is 0 Å². The summed E-state index contributed by atoms with van der Waals surface area (Å²) in [7, 11) is 0. The zero-order chi connectivity index (χ0) is 48.8. The summed E-state index contributed by atoms with van der Waals surface area (Å²) in [5.74, 6) is 2.03. The number of aromatic nitrogens is 4. The van der Waals surface area contributed by atoms with Crippen LogP contribution in [0.25, 0.3) is 117 Å². The van der Waals surface area contributed by atoms with E-state index < -0.39 is 0 Å². The first-order chi connectivity index (χ1) is 35.6. The number of unbranched alkanes of at least 4 members (excludes halogenated alkanes) is 1. The van der Waals surface area contributed by atoms with Crippen molar-refractivity contribution in [3.8, 4) is 61.8 Å². The molecule has 0 saturated carbocycles. The molecule has 0 N–H and O–H groups in total. The van der Waals surface area contributed by atoms with Crippen LogP contribution in [0.1, 0.15) is 57.3 Å². The topological polar surface area (TPSA) is 43.6 Å². The number of para-hydroxylation sites is 1. The molecule has 2 heterocycles. The number of hydrogen-bond donors (Lipinski definition) is 0. The second-order valence-corrected chi connectivity index (χ2v) is 18.4. The van der Waals surface area contributed by atoms with Gasteiger partial charge in [-0.25, -0.2) is 15.0 Å². The van der Waals surface area contributed by atoms with Gasteiger partial charge < -0.3 is 4.57 Å². The van der Waals surface area contributed by atoms with Crippen molar-refractivity contribution in [1.82, 2.24) is 19.5 Å². The molecule has 0 unspecified atom stereocenters. The second-order valence-electron chi connectivity index (χ2n) is 18.4. The number of hydrogen-bond acceptors (Lipinski definition) is 3. The molecule has 9 aromatic carbocycles. The molecule has 0 saturated heterocycles. The normalized spacial score (nSPS) is 12.4. The third-order valence-electron chi connectivity index (χ3n) is 13.7. The van der Waals surface area contributed by atoms with E-state index in [0.29, 0.717) is 17.5 Å². The van der Waals surface area contributed by atoms with E-state index in [4.69, 9.17) is 15.0 Å². The maximum atomic E-state index is 5.03. The van der Waals surface area contributed by atoms with Crippen LogP contribution < -0.4 is 0 Å². The Balaban J connectivity index is 0.00000135. The van der Waals surface area contributed by atoms with Crippen molar-refractivity contribution < 1.29 is 0 Å². The Bertz CT molecular complexity index is 3870. The van der Waals surface area contributed by atoms with Crippen LogP contribution in [-0.4, -0.2) is 19.5 Å². The molecule has 72 heavy (non-hydrogen) atoms. The van der Waals surface area contributed by atoms with Crippen LogP contribution in [0.3, 0.4) is 0 Å². The van der Waals surface area contributed by atoms with Crippen molar-refractivity contribution in [2.24, 2.45) is 0 Å². The van der Waals surface area contributed by atoms with Gasteiger partial charge in [0.2, 0.25) is 0 Å². The number of nitrogens with zero attached hydrogens (tertiary/aromatic N) is 4. The number of fused-ring (bicyclic) bond motifs is 6. The van der Waals surface area contributed by atoms with Gasteiger partial charge in [-0.1, -0.05) is 208 Å². The molecular weight excluding hydrogens is 873 g/mol. The molecule has 0 atom stereocenters. The van der Waals surface area contributed by atoms with E-state index in [1.165, 1.54) is 71.2 Å². The minimum Gasteiger partial charge on any atom is -0.309 e. The highest BCUT2D eigenvalue weighted by molar-refractivity contribution is 6.17. The van der Waals surface area contributed by atoms with Crippen LogP contribution >= 0.6 is 0 Å². The standard InChI is InChI=1S/C64H48N4.C4H8/c1-2-3-6-23-48-41-47-24-11-12-28-53(47)58-42-49(36-39-54(48)58)52-27-13-14-29-55(52)56-31-18-33-60-61(56)57-30-15-16-32-59(57)68(60)51-37-34-43(35-38-51)46-25-17-26-50(40-46)64-66-62(44-19-7-4-8-20-44)65-63(67-64)45-21-9-5-10-22-45;1-3-4-2/h4,6-9,11-42H,2-3,5,10H2,1H3;3H,1,4H2,2H3/b23-6-;. The minimum atomic E-state index is 0.660. The predicted molar refractivity (Wildman–Crippen MR) is 307 cm³/mol. The van der Waals surface area contributed by atoms with Crippen LogP contribution in [0.15, 0.2) is 231 Å². The molecule has 2 aromatic heterocycles. The molecule has 4 heteroatoms. The van der Waals surface area contributed by atoms with Gasteiger partial charge in [-0.05, 0) is 129 Å². The average molecular weight is 929 g/mol. The van der Waals surface area contributed by atoms with Crippen molar-refractivity contribution >= 4 is 55.0 Å². The van der Waals surface area contributed by atoms with E-state index in [2.05, 4.69) is 231 Å². The fourth-order valence-corrected chi connectivity index (χ4v) is 10.1. The molecule has 0 fully saturated rings. The molecule has 1 aliphatic rings. The summed E-state index contributed by atoms with van der Waals surface area (Å²) >= 11 is 0. The summed E-state index contributed by atoms with van der Waals surface area (Å²) in [4.78, 5) is 15.0. The van der Waals surface area contributed by atoms with Gasteiger partial charge >= 0.3 is 0 Å². The largest absolute Gasteiger partial charge is 0.309 e. The van der Waals surface area contributed by atoms with Crippen LogP contribution in [-0.2, 0) is 0 Å². The monoisotopic (exact) mass is 928 g/mol. The van der Waals surface area contributed by atoms with Gasteiger partial charge in [-0.15, -0.1) is 6.58 Å². The Morgan fingerprint density at radius 1 is 0.500 bits per heavy atom. The first-order valence-corrected chi connectivity index (χ1v) is 25.3. The minimum absolute atomic E-state index is 0.660. The van der Waals surface area contributed by atoms with Gasteiger partial charge in [0.1, 0.15) is 0 Å². The zero-order valence-electron chi connectivity index (χ0n) is 41.0. The van der Waals surface area contributed by atoms with Crippen molar-refractivity contribution in [2.45, 2.75) is 46.0 Å². The molecule has 0 radical (unpaired) electrons. The Morgan fingerprint density at radius 3 is 1.94 bits per heavy atom. The van der Waals surface area contributed by atoms with Crippen molar-refractivity contribution in [1.29, 1.82) is 0 Å². The predicted octanol–water partition coefficient (Wildman–Crippen LogP) is 18.7. The smallest absolute Gasteiger partial charge is 0.164 e. The molecule has 11 aromatic rings. The van der Waals surface area contributed by atoms with Crippen molar-refractivity contribution in [2.75, 3.05) is 0 Å². The summed E-state index contributed by atoms with van der Waals surface area (Å²) in [5.41, 5.74) is 14.7. The lowest BCUT2D eigenvalue weighted by atomic mass is 9.89.